The average Bonchev–Trinajstić information content (AvgIpc) is 2.56. The second kappa shape index (κ2) is 4.13. The number of hydrogen-bond donors (Lipinski definition) is 2. The van der Waals surface area contributed by atoms with Crippen LogP contribution in [0.2, 0.25) is 5.02 Å². The van der Waals surface area contributed by atoms with Gasteiger partial charge in [0.25, 0.3) is 0 Å². The molecule has 5 heteroatoms. The molecule has 0 aromatic heterocycles. The fourth-order valence-corrected chi connectivity index (χ4v) is 1.87. The van der Waals surface area contributed by atoms with Crippen molar-refractivity contribution in [3.63, 3.8) is 0 Å². The smallest absolute Gasteiger partial charge is 0.179 e. The van der Waals surface area contributed by atoms with Gasteiger partial charge in [0.15, 0.2) is 5.09 Å². The number of thioether (sulfide) groups is 1. The highest BCUT2D eigenvalue weighted by Crippen LogP contribution is 2.30. The molecule has 3 nitrogen and oxygen atoms in total. The number of nitrogens with one attached hydrogen (secondary N) is 1. The van der Waals surface area contributed by atoms with Crippen LogP contribution in [0.25, 0.3) is 0 Å². The molecule has 1 aliphatic heterocycles. The SMILES string of the molecule is NC1NC=C(Oc2ccccc2Cl)S1. The van der Waals surface area contributed by atoms with Gasteiger partial charge in [-0.25, -0.2) is 0 Å². The van der Waals surface area contributed by atoms with Gasteiger partial charge in [0.2, 0.25) is 0 Å². The Morgan fingerprint density at radius 2 is 2.21 bits per heavy atom. The van der Waals surface area contributed by atoms with Crippen molar-refractivity contribution < 1.29 is 4.74 Å². The van der Waals surface area contributed by atoms with Gasteiger partial charge in [-0.1, -0.05) is 23.7 Å². The van der Waals surface area contributed by atoms with Gasteiger partial charge in [-0.05, 0) is 23.9 Å². The summed E-state index contributed by atoms with van der Waals surface area (Å²) in [6.45, 7) is 0. The predicted octanol–water partition coefficient (Wildman–Crippen LogP) is 2.10. The fraction of sp³-hybridized carbons (Fsp3) is 0.111. The molecule has 1 heterocycles. The van der Waals surface area contributed by atoms with Crippen LogP contribution in [-0.4, -0.2) is 5.50 Å². The number of para-hydroxylation sites is 1. The first-order valence-corrected chi connectivity index (χ1v) is 5.32. The molecule has 0 aliphatic carbocycles. The standard InChI is InChI=1S/C9H9ClN2OS/c10-6-3-1-2-4-7(6)13-8-5-12-9(11)14-8/h1-5,9,12H,11H2. The maximum absolute atomic E-state index is 5.93. The van der Waals surface area contributed by atoms with Gasteiger partial charge in [0, 0.05) is 6.20 Å². The van der Waals surface area contributed by atoms with E-state index in [1.165, 1.54) is 11.8 Å². The van der Waals surface area contributed by atoms with Gasteiger partial charge in [-0.2, -0.15) is 0 Å². The van der Waals surface area contributed by atoms with Crippen molar-refractivity contribution in [2.45, 2.75) is 5.50 Å². The summed E-state index contributed by atoms with van der Waals surface area (Å²) < 4.78 is 5.53. The monoisotopic (exact) mass is 228 g/mol. The molecule has 1 unspecified atom stereocenters. The molecule has 0 saturated carbocycles. The molecule has 3 N–H and O–H groups in total. The minimum atomic E-state index is -0.132. The van der Waals surface area contributed by atoms with Crippen LogP contribution >= 0.6 is 23.4 Å². The largest absolute Gasteiger partial charge is 0.447 e. The minimum Gasteiger partial charge on any atom is -0.447 e. The van der Waals surface area contributed by atoms with Crippen LogP contribution in [0.4, 0.5) is 0 Å². The van der Waals surface area contributed by atoms with E-state index in [1.807, 2.05) is 18.2 Å². The van der Waals surface area contributed by atoms with E-state index >= 15 is 0 Å². The summed E-state index contributed by atoms with van der Waals surface area (Å²) in [6, 6.07) is 7.32. The van der Waals surface area contributed by atoms with Crippen molar-refractivity contribution in [3.05, 3.63) is 40.6 Å². The second-order valence-corrected chi connectivity index (χ2v) is 4.25. The van der Waals surface area contributed by atoms with Crippen molar-refractivity contribution in [1.82, 2.24) is 5.32 Å². The number of nitrogens with two attached hydrogens (primary N) is 1. The first kappa shape index (κ1) is 9.71. The molecule has 1 aromatic carbocycles. The zero-order valence-corrected chi connectivity index (χ0v) is 8.81. The molecule has 0 bridgehead atoms. The van der Waals surface area contributed by atoms with Gasteiger partial charge in [0.1, 0.15) is 11.2 Å². The van der Waals surface area contributed by atoms with E-state index in [9.17, 15) is 0 Å². The summed E-state index contributed by atoms with van der Waals surface area (Å²) in [5.74, 6) is 0.642. The molecule has 1 aliphatic rings. The third kappa shape index (κ3) is 2.15. The highest BCUT2D eigenvalue weighted by molar-refractivity contribution is 8.03. The lowest BCUT2D eigenvalue weighted by Gasteiger charge is -2.06. The summed E-state index contributed by atoms with van der Waals surface area (Å²) in [4.78, 5) is 0. The molecule has 0 spiro atoms. The third-order valence-electron chi connectivity index (χ3n) is 1.66. The maximum Gasteiger partial charge on any atom is 0.179 e. The van der Waals surface area contributed by atoms with Gasteiger partial charge >= 0.3 is 0 Å². The maximum atomic E-state index is 5.93. The molecule has 14 heavy (non-hydrogen) atoms. The van der Waals surface area contributed by atoms with Crippen LogP contribution in [0.1, 0.15) is 0 Å². The number of rotatable bonds is 2. The Labute approximate surface area is 91.3 Å². The summed E-state index contributed by atoms with van der Waals surface area (Å²) in [6.07, 6.45) is 1.73. The van der Waals surface area contributed by atoms with Crippen molar-refractivity contribution in [3.8, 4) is 5.75 Å². The van der Waals surface area contributed by atoms with Gasteiger partial charge in [-0.3, -0.25) is 0 Å². The minimum absolute atomic E-state index is 0.132. The highest BCUT2D eigenvalue weighted by Gasteiger charge is 2.15. The van der Waals surface area contributed by atoms with E-state index < -0.39 is 0 Å². The van der Waals surface area contributed by atoms with Crippen LogP contribution in [-0.2, 0) is 0 Å². The van der Waals surface area contributed by atoms with Crippen molar-refractivity contribution in [1.29, 1.82) is 0 Å². The number of benzene rings is 1. The summed E-state index contributed by atoms with van der Waals surface area (Å²) >= 11 is 7.34. The van der Waals surface area contributed by atoms with Crippen LogP contribution < -0.4 is 15.8 Å². The van der Waals surface area contributed by atoms with Crippen LogP contribution in [0.5, 0.6) is 5.75 Å². The lowest BCUT2D eigenvalue weighted by Crippen LogP contribution is -2.25. The summed E-state index contributed by atoms with van der Waals surface area (Å²) in [5, 5.41) is 4.24. The normalized spacial score (nSPS) is 20.1. The molecule has 1 aromatic rings. The van der Waals surface area contributed by atoms with Gasteiger partial charge < -0.3 is 15.8 Å². The van der Waals surface area contributed by atoms with E-state index in [-0.39, 0.29) is 5.50 Å². The Balaban J connectivity index is 2.08. The zero-order valence-electron chi connectivity index (χ0n) is 7.24. The number of ether oxygens (including phenoxy) is 1. The van der Waals surface area contributed by atoms with Gasteiger partial charge in [0.05, 0.1) is 5.02 Å². The summed E-state index contributed by atoms with van der Waals surface area (Å²) in [5.41, 5.74) is 5.47. The molecule has 0 fully saturated rings. The highest BCUT2D eigenvalue weighted by atomic mass is 35.5. The number of halogens is 1. The van der Waals surface area contributed by atoms with E-state index in [1.54, 1.807) is 12.3 Å². The summed E-state index contributed by atoms with van der Waals surface area (Å²) in [7, 11) is 0. The van der Waals surface area contributed by atoms with Crippen LogP contribution in [0.3, 0.4) is 0 Å². The van der Waals surface area contributed by atoms with Gasteiger partial charge in [-0.15, -0.1) is 0 Å². The molecule has 0 amide bonds. The molecular formula is C9H9ClN2OS. The molecule has 0 radical (unpaired) electrons. The predicted molar refractivity (Wildman–Crippen MR) is 58.9 cm³/mol. The Morgan fingerprint density at radius 1 is 1.43 bits per heavy atom. The molecule has 0 saturated heterocycles. The van der Waals surface area contributed by atoms with E-state index in [0.717, 1.165) is 5.09 Å². The Bertz CT molecular complexity index is 370. The molecule has 74 valence electrons. The topological polar surface area (TPSA) is 47.3 Å². The fourth-order valence-electron chi connectivity index (χ4n) is 1.03. The quantitative estimate of drug-likeness (QED) is 0.814. The first-order chi connectivity index (χ1) is 6.75. The van der Waals surface area contributed by atoms with E-state index in [4.69, 9.17) is 22.1 Å². The first-order valence-electron chi connectivity index (χ1n) is 4.06. The molecule has 2 rings (SSSR count). The van der Waals surface area contributed by atoms with Crippen molar-refractivity contribution in [2.75, 3.05) is 0 Å². The average molecular weight is 229 g/mol. The Morgan fingerprint density at radius 3 is 2.86 bits per heavy atom. The molecular weight excluding hydrogens is 220 g/mol. The van der Waals surface area contributed by atoms with Crippen LogP contribution in [0.15, 0.2) is 35.6 Å². The Kier molecular flexibility index (Phi) is 2.86. The molecule has 1 atom stereocenters. The van der Waals surface area contributed by atoms with E-state index in [0.29, 0.717) is 10.8 Å². The van der Waals surface area contributed by atoms with Crippen molar-refractivity contribution >= 4 is 23.4 Å². The van der Waals surface area contributed by atoms with Crippen LogP contribution in [0, 0.1) is 0 Å². The zero-order chi connectivity index (χ0) is 9.97. The lowest BCUT2D eigenvalue weighted by molar-refractivity contribution is 0.465. The number of hydrogen-bond acceptors (Lipinski definition) is 4. The Hall–Kier alpha value is -0.840. The van der Waals surface area contributed by atoms with E-state index in [2.05, 4.69) is 5.32 Å². The second-order valence-electron chi connectivity index (χ2n) is 2.70. The third-order valence-corrected chi connectivity index (χ3v) is 2.79. The lowest BCUT2D eigenvalue weighted by atomic mass is 10.3. The van der Waals surface area contributed by atoms with Crippen molar-refractivity contribution in [2.24, 2.45) is 5.73 Å².